The molecule has 0 aromatic heterocycles. The lowest BCUT2D eigenvalue weighted by molar-refractivity contribution is 0.0584. The molecule has 1 aliphatic heterocycles. The topological polar surface area (TPSA) is 32.5 Å². The Hall–Kier alpha value is -0.130. The number of benzene rings is 1. The molecular formula is C16H25BrClN3. The number of hydrogen-bond acceptors (Lipinski definition) is 3. The van der Waals surface area contributed by atoms with Gasteiger partial charge in [0.25, 0.3) is 0 Å². The highest BCUT2D eigenvalue weighted by Gasteiger charge is 2.26. The largest absolute Gasteiger partial charge is 0.324 e. The van der Waals surface area contributed by atoms with Gasteiger partial charge in [-0.2, -0.15) is 0 Å². The normalized spacial score (nSPS) is 26.0. The Morgan fingerprint density at radius 3 is 2.52 bits per heavy atom. The number of nitrogens with zero attached hydrogens (tertiary/aromatic N) is 2. The fourth-order valence-electron chi connectivity index (χ4n) is 2.98. The van der Waals surface area contributed by atoms with Gasteiger partial charge in [0.1, 0.15) is 0 Å². The van der Waals surface area contributed by atoms with Crippen LogP contribution in [0, 0.1) is 0 Å². The Kier molecular flexibility index (Phi) is 6.09. The van der Waals surface area contributed by atoms with Gasteiger partial charge in [0.15, 0.2) is 0 Å². The van der Waals surface area contributed by atoms with Crippen molar-refractivity contribution in [2.24, 2.45) is 5.73 Å². The summed E-state index contributed by atoms with van der Waals surface area (Å²) in [5.41, 5.74) is 7.36. The van der Waals surface area contributed by atoms with Crippen LogP contribution in [0.25, 0.3) is 0 Å². The van der Waals surface area contributed by atoms with E-state index in [1.807, 2.05) is 18.2 Å². The van der Waals surface area contributed by atoms with Crippen LogP contribution in [-0.2, 0) is 0 Å². The highest BCUT2D eigenvalue weighted by molar-refractivity contribution is 9.10. The molecule has 3 nitrogen and oxygen atoms in total. The summed E-state index contributed by atoms with van der Waals surface area (Å²) in [6.07, 6.45) is 0.935. The smallest absolute Gasteiger partial charge is 0.0464 e. The van der Waals surface area contributed by atoms with Crippen molar-refractivity contribution < 1.29 is 0 Å². The first-order chi connectivity index (χ1) is 9.88. The van der Waals surface area contributed by atoms with E-state index in [-0.39, 0.29) is 6.04 Å². The number of likely N-dealkylation sites (N-methyl/N-ethyl adjacent to an activating group) is 1. The number of piperazine rings is 1. The fraction of sp³-hybridized carbons (Fsp3) is 0.625. The van der Waals surface area contributed by atoms with E-state index in [1.165, 1.54) is 0 Å². The molecule has 5 heteroatoms. The summed E-state index contributed by atoms with van der Waals surface area (Å²) in [6, 6.07) is 7.13. The molecule has 0 amide bonds. The van der Waals surface area contributed by atoms with Crippen LogP contribution < -0.4 is 5.73 Å². The van der Waals surface area contributed by atoms with Crippen molar-refractivity contribution in [2.75, 3.05) is 26.7 Å². The van der Waals surface area contributed by atoms with Crippen molar-refractivity contribution in [3.05, 3.63) is 33.3 Å². The van der Waals surface area contributed by atoms with E-state index >= 15 is 0 Å². The Morgan fingerprint density at radius 1 is 1.33 bits per heavy atom. The Balaban J connectivity index is 1.90. The Labute approximate surface area is 141 Å². The lowest BCUT2D eigenvalue weighted by atomic mass is 10.0. The van der Waals surface area contributed by atoms with Crippen LogP contribution >= 0.6 is 27.5 Å². The minimum absolute atomic E-state index is 0.00383. The maximum Gasteiger partial charge on any atom is 0.0464 e. The van der Waals surface area contributed by atoms with E-state index < -0.39 is 0 Å². The van der Waals surface area contributed by atoms with E-state index in [0.29, 0.717) is 12.1 Å². The third-order valence-corrected chi connectivity index (χ3v) is 5.37. The summed E-state index contributed by atoms with van der Waals surface area (Å²) in [7, 11) is 2.21. The summed E-state index contributed by atoms with van der Waals surface area (Å²) in [5.74, 6) is 0. The van der Waals surface area contributed by atoms with Gasteiger partial charge in [-0.15, -0.1) is 0 Å². The molecule has 1 fully saturated rings. The molecular weight excluding hydrogens is 350 g/mol. The molecule has 0 aliphatic carbocycles. The molecule has 1 aromatic rings. The van der Waals surface area contributed by atoms with Crippen molar-refractivity contribution in [3.63, 3.8) is 0 Å². The molecule has 0 bridgehead atoms. The van der Waals surface area contributed by atoms with E-state index in [0.717, 1.165) is 41.1 Å². The highest BCUT2D eigenvalue weighted by atomic mass is 79.9. The van der Waals surface area contributed by atoms with Crippen molar-refractivity contribution in [2.45, 2.75) is 38.4 Å². The first kappa shape index (κ1) is 17.2. The maximum absolute atomic E-state index is 6.32. The number of nitrogens with two attached hydrogens (primary N) is 1. The Morgan fingerprint density at radius 2 is 1.95 bits per heavy atom. The zero-order chi connectivity index (χ0) is 15.6. The first-order valence-corrected chi connectivity index (χ1v) is 8.70. The van der Waals surface area contributed by atoms with Gasteiger partial charge in [-0.05, 0) is 45.0 Å². The predicted octanol–water partition coefficient (Wildman–Crippen LogP) is 3.52. The van der Waals surface area contributed by atoms with Gasteiger partial charge in [0.2, 0.25) is 0 Å². The van der Waals surface area contributed by atoms with Crippen LogP contribution in [0.15, 0.2) is 22.7 Å². The molecule has 0 spiro atoms. The second-order valence-corrected chi connectivity index (χ2v) is 7.51. The summed E-state index contributed by atoms with van der Waals surface area (Å²) in [6.45, 7) is 7.82. The molecule has 3 unspecified atom stereocenters. The Bertz CT molecular complexity index is 471. The third kappa shape index (κ3) is 4.42. The molecule has 118 valence electrons. The maximum atomic E-state index is 6.32. The summed E-state index contributed by atoms with van der Waals surface area (Å²) in [5, 5.41) is 0.747. The van der Waals surface area contributed by atoms with Gasteiger partial charge in [0, 0.05) is 47.3 Å². The summed E-state index contributed by atoms with van der Waals surface area (Å²) >= 11 is 9.71. The molecule has 0 radical (unpaired) electrons. The quantitative estimate of drug-likeness (QED) is 0.875. The molecule has 3 atom stereocenters. The number of hydrogen-bond donors (Lipinski definition) is 1. The van der Waals surface area contributed by atoms with Crippen molar-refractivity contribution in [1.82, 2.24) is 9.80 Å². The number of halogens is 2. The van der Waals surface area contributed by atoms with Crippen LogP contribution in [-0.4, -0.2) is 48.6 Å². The van der Waals surface area contributed by atoms with Crippen LogP contribution in [0.1, 0.15) is 31.9 Å². The summed E-state index contributed by atoms with van der Waals surface area (Å²) < 4.78 is 0.991. The molecule has 1 aliphatic rings. The zero-order valence-electron chi connectivity index (χ0n) is 13.0. The summed E-state index contributed by atoms with van der Waals surface area (Å²) in [4.78, 5) is 4.96. The van der Waals surface area contributed by atoms with Crippen LogP contribution in [0.3, 0.4) is 0 Å². The average Bonchev–Trinajstić information content (AvgIpc) is 2.42. The van der Waals surface area contributed by atoms with Crippen LogP contribution in [0.4, 0.5) is 0 Å². The second kappa shape index (κ2) is 7.42. The molecule has 2 rings (SSSR count). The van der Waals surface area contributed by atoms with Crippen molar-refractivity contribution in [3.8, 4) is 0 Å². The SMILES string of the molecule is CC1CN(CCC(N)c2ccc(Br)cc2Cl)CC(C)N1C. The van der Waals surface area contributed by atoms with E-state index in [2.05, 4.69) is 46.6 Å². The van der Waals surface area contributed by atoms with Crippen molar-refractivity contribution in [1.29, 1.82) is 0 Å². The van der Waals surface area contributed by atoms with Crippen LogP contribution in [0.2, 0.25) is 5.02 Å². The second-order valence-electron chi connectivity index (χ2n) is 6.18. The van der Waals surface area contributed by atoms with Crippen molar-refractivity contribution >= 4 is 27.5 Å². The van der Waals surface area contributed by atoms with Gasteiger partial charge in [-0.3, -0.25) is 4.90 Å². The number of rotatable bonds is 4. The monoisotopic (exact) mass is 373 g/mol. The molecule has 1 saturated heterocycles. The lowest BCUT2D eigenvalue weighted by Crippen LogP contribution is -2.55. The van der Waals surface area contributed by atoms with Gasteiger partial charge < -0.3 is 10.6 Å². The van der Waals surface area contributed by atoms with Gasteiger partial charge >= 0.3 is 0 Å². The van der Waals surface area contributed by atoms with E-state index in [4.69, 9.17) is 17.3 Å². The highest BCUT2D eigenvalue weighted by Crippen LogP contribution is 2.27. The predicted molar refractivity (Wildman–Crippen MR) is 93.8 cm³/mol. The first-order valence-electron chi connectivity index (χ1n) is 7.53. The molecule has 2 N–H and O–H groups in total. The van der Waals surface area contributed by atoms with Gasteiger partial charge in [-0.1, -0.05) is 33.6 Å². The van der Waals surface area contributed by atoms with Crippen LogP contribution in [0.5, 0.6) is 0 Å². The fourth-order valence-corrected chi connectivity index (χ4v) is 3.79. The zero-order valence-corrected chi connectivity index (χ0v) is 15.4. The molecule has 0 saturated carbocycles. The lowest BCUT2D eigenvalue weighted by Gasteiger charge is -2.42. The minimum Gasteiger partial charge on any atom is -0.324 e. The average molecular weight is 375 g/mol. The molecule has 21 heavy (non-hydrogen) atoms. The minimum atomic E-state index is -0.00383. The van der Waals surface area contributed by atoms with E-state index in [9.17, 15) is 0 Å². The van der Waals surface area contributed by atoms with Gasteiger partial charge in [0.05, 0.1) is 0 Å². The standard InChI is InChI=1S/C16H25BrClN3/c1-11-9-21(10-12(2)20(11)3)7-6-16(19)14-5-4-13(17)8-15(14)18/h4-5,8,11-12,16H,6-7,9-10,19H2,1-3H3. The third-order valence-electron chi connectivity index (χ3n) is 4.55. The van der Waals surface area contributed by atoms with E-state index in [1.54, 1.807) is 0 Å². The molecule has 1 aromatic carbocycles. The molecule has 1 heterocycles. The van der Waals surface area contributed by atoms with Gasteiger partial charge in [-0.25, -0.2) is 0 Å².